The van der Waals surface area contributed by atoms with Crippen LogP contribution in [0.15, 0.2) is 33.3 Å². The zero-order valence-electron chi connectivity index (χ0n) is 7.01. The molecule has 3 heteroatoms. The quantitative estimate of drug-likeness (QED) is 0.715. The second kappa shape index (κ2) is 3.39. The maximum atomic E-state index is 4.24. The summed E-state index contributed by atoms with van der Waals surface area (Å²) in [5.74, 6) is 0. The first-order valence-corrected chi connectivity index (χ1v) is 5.47. The molecule has 0 aliphatic rings. The molecule has 2 rings (SSSR count). The van der Waals surface area contributed by atoms with Crippen LogP contribution < -0.4 is 0 Å². The number of benzene rings is 1. The topological polar surface area (TPSA) is 12.9 Å². The average molecular weight is 301 g/mol. The van der Waals surface area contributed by atoms with Gasteiger partial charge in [0.05, 0.1) is 0 Å². The lowest BCUT2D eigenvalue weighted by atomic mass is 10.1. The Morgan fingerprint density at radius 1 is 1.00 bits per heavy atom. The van der Waals surface area contributed by atoms with Crippen molar-refractivity contribution in [2.24, 2.45) is 0 Å². The van der Waals surface area contributed by atoms with Gasteiger partial charge in [0.25, 0.3) is 0 Å². The van der Waals surface area contributed by atoms with Crippen LogP contribution in [0.3, 0.4) is 0 Å². The third-order valence-electron chi connectivity index (χ3n) is 1.90. The number of hydrogen-bond acceptors (Lipinski definition) is 1. The molecule has 0 aliphatic carbocycles. The molecule has 0 saturated heterocycles. The highest BCUT2D eigenvalue weighted by molar-refractivity contribution is 9.13. The molecule has 66 valence electrons. The predicted molar refractivity (Wildman–Crippen MR) is 61.9 cm³/mol. The Bertz CT molecular complexity index is 466. The molecule has 1 aromatic heterocycles. The summed E-state index contributed by atoms with van der Waals surface area (Å²) in [5.41, 5.74) is 1.04. The van der Waals surface area contributed by atoms with E-state index in [4.69, 9.17) is 0 Å². The summed E-state index contributed by atoms with van der Waals surface area (Å²) in [6.07, 6.45) is 1.89. The maximum Gasteiger partial charge on any atom is 0.0379 e. The summed E-state index contributed by atoms with van der Waals surface area (Å²) < 4.78 is 2.14. The largest absolute Gasteiger partial charge is 0.261 e. The van der Waals surface area contributed by atoms with E-state index in [1.165, 1.54) is 5.39 Å². The number of fused-ring (bicyclic) bond motifs is 1. The highest BCUT2D eigenvalue weighted by Crippen LogP contribution is 2.28. The Hall–Kier alpha value is -0.410. The Labute approximate surface area is 93.4 Å². The molecule has 0 radical (unpaired) electrons. The van der Waals surface area contributed by atoms with Crippen LogP contribution in [-0.2, 0) is 0 Å². The van der Waals surface area contributed by atoms with Crippen molar-refractivity contribution < 1.29 is 0 Å². The Morgan fingerprint density at radius 3 is 2.31 bits per heavy atom. The highest BCUT2D eigenvalue weighted by Gasteiger charge is 2.00. The molecule has 0 N–H and O–H groups in total. The van der Waals surface area contributed by atoms with Crippen molar-refractivity contribution in [3.63, 3.8) is 0 Å². The first-order chi connectivity index (χ1) is 6.16. The molecule has 0 aliphatic heterocycles. The van der Waals surface area contributed by atoms with E-state index >= 15 is 0 Å². The summed E-state index contributed by atoms with van der Waals surface area (Å²) in [5, 5.41) is 2.36. The zero-order chi connectivity index (χ0) is 9.42. The molecule has 1 nitrogen and oxygen atoms in total. The van der Waals surface area contributed by atoms with Crippen molar-refractivity contribution in [1.29, 1.82) is 0 Å². The van der Waals surface area contributed by atoms with Gasteiger partial charge in [0.1, 0.15) is 0 Å². The molecule has 13 heavy (non-hydrogen) atoms. The monoisotopic (exact) mass is 299 g/mol. The number of aromatic nitrogens is 1. The second-order valence-corrected chi connectivity index (χ2v) is 4.65. The third kappa shape index (κ3) is 1.76. The van der Waals surface area contributed by atoms with Gasteiger partial charge in [-0.1, -0.05) is 0 Å². The fourth-order valence-corrected chi connectivity index (χ4v) is 1.97. The molecule has 0 unspecified atom stereocenters. The fraction of sp³-hybridized carbons (Fsp3) is 0.100. The SMILES string of the molecule is Cc1cc2cc(Br)c(Br)cc2cn1. The smallest absolute Gasteiger partial charge is 0.0379 e. The minimum absolute atomic E-state index is 1.04. The van der Waals surface area contributed by atoms with E-state index in [0.717, 1.165) is 20.0 Å². The Kier molecular flexibility index (Phi) is 2.39. The van der Waals surface area contributed by atoms with E-state index in [2.05, 4.69) is 55.0 Å². The summed E-state index contributed by atoms with van der Waals surface area (Å²) in [6, 6.07) is 6.23. The van der Waals surface area contributed by atoms with Gasteiger partial charge in [-0.2, -0.15) is 0 Å². The molecule has 1 heterocycles. The van der Waals surface area contributed by atoms with Crippen LogP contribution in [0.25, 0.3) is 10.8 Å². The molecule has 0 atom stereocenters. The van der Waals surface area contributed by atoms with Gasteiger partial charge in [0, 0.05) is 26.2 Å². The van der Waals surface area contributed by atoms with Gasteiger partial charge in [-0.3, -0.25) is 4.98 Å². The molecular formula is C10H7Br2N. The van der Waals surface area contributed by atoms with E-state index in [1.807, 2.05) is 13.1 Å². The van der Waals surface area contributed by atoms with Crippen LogP contribution in [0.5, 0.6) is 0 Å². The van der Waals surface area contributed by atoms with Crippen LogP contribution in [0.4, 0.5) is 0 Å². The summed E-state index contributed by atoms with van der Waals surface area (Å²) in [7, 11) is 0. The molecule has 0 saturated carbocycles. The first-order valence-electron chi connectivity index (χ1n) is 3.88. The second-order valence-electron chi connectivity index (χ2n) is 2.94. The van der Waals surface area contributed by atoms with Crippen LogP contribution in [0, 0.1) is 6.92 Å². The fourth-order valence-electron chi connectivity index (χ4n) is 1.25. The van der Waals surface area contributed by atoms with E-state index in [9.17, 15) is 0 Å². The van der Waals surface area contributed by atoms with Gasteiger partial charge >= 0.3 is 0 Å². The van der Waals surface area contributed by atoms with Gasteiger partial charge in [0.15, 0.2) is 0 Å². The number of aryl methyl sites for hydroxylation is 1. The van der Waals surface area contributed by atoms with Crippen molar-refractivity contribution in [2.75, 3.05) is 0 Å². The van der Waals surface area contributed by atoms with E-state index in [0.29, 0.717) is 0 Å². The van der Waals surface area contributed by atoms with Crippen molar-refractivity contribution in [3.8, 4) is 0 Å². The van der Waals surface area contributed by atoms with E-state index < -0.39 is 0 Å². The van der Waals surface area contributed by atoms with Crippen LogP contribution in [0.1, 0.15) is 5.69 Å². The average Bonchev–Trinajstić information content (AvgIpc) is 2.08. The van der Waals surface area contributed by atoms with Gasteiger partial charge in [-0.25, -0.2) is 0 Å². The van der Waals surface area contributed by atoms with E-state index in [1.54, 1.807) is 0 Å². The molecule has 0 bridgehead atoms. The number of nitrogens with zero attached hydrogens (tertiary/aromatic N) is 1. The molecule has 0 spiro atoms. The van der Waals surface area contributed by atoms with Crippen LogP contribution in [0.2, 0.25) is 0 Å². The van der Waals surface area contributed by atoms with Crippen molar-refractivity contribution in [2.45, 2.75) is 6.92 Å². The molecule has 2 aromatic rings. The minimum atomic E-state index is 1.04. The van der Waals surface area contributed by atoms with Crippen molar-refractivity contribution >= 4 is 42.6 Å². The standard InChI is InChI=1S/C10H7Br2N/c1-6-2-7-3-9(11)10(12)4-8(7)5-13-6/h2-5H,1H3. The number of pyridine rings is 1. The maximum absolute atomic E-state index is 4.24. The first kappa shape index (κ1) is 9.16. The van der Waals surface area contributed by atoms with Crippen molar-refractivity contribution in [1.82, 2.24) is 4.98 Å². The normalized spacial score (nSPS) is 10.7. The molecular weight excluding hydrogens is 294 g/mol. The van der Waals surface area contributed by atoms with Gasteiger partial charge in [0.2, 0.25) is 0 Å². The molecule has 0 amide bonds. The third-order valence-corrected chi connectivity index (χ3v) is 3.74. The van der Waals surface area contributed by atoms with Gasteiger partial charge in [-0.15, -0.1) is 0 Å². The number of halogens is 2. The minimum Gasteiger partial charge on any atom is -0.261 e. The highest BCUT2D eigenvalue weighted by atomic mass is 79.9. The van der Waals surface area contributed by atoms with Crippen LogP contribution in [-0.4, -0.2) is 4.98 Å². The summed E-state index contributed by atoms with van der Waals surface area (Å²) in [4.78, 5) is 4.24. The molecule has 0 fully saturated rings. The lowest BCUT2D eigenvalue weighted by Crippen LogP contribution is -1.81. The number of rotatable bonds is 0. The zero-order valence-corrected chi connectivity index (χ0v) is 10.2. The lowest BCUT2D eigenvalue weighted by Gasteiger charge is -2.01. The summed E-state index contributed by atoms with van der Waals surface area (Å²) in [6.45, 7) is 2.00. The summed E-state index contributed by atoms with van der Waals surface area (Å²) >= 11 is 6.93. The predicted octanol–water partition coefficient (Wildman–Crippen LogP) is 4.07. The lowest BCUT2D eigenvalue weighted by molar-refractivity contribution is 1.22. The Morgan fingerprint density at radius 2 is 1.62 bits per heavy atom. The van der Waals surface area contributed by atoms with E-state index in [-0.39, 0.29) is 0 Å². The van der Waals surface area contributed by atoms with Gasteiger partial charge < -0.3 is 0 Å². The van der Waals surface area contributed by atoms with Crippen molar-refractivity contribution in [3.05, 3.63) is 39.0 Å². The number of hydrogen-bond donors (Lipinski definition) is 0. The Balaban J connectivity index is 2.81. The van der Waals surface area contributed by atoms with Gasteiger partial charge in [-0.05, 0) is 62.4 Å². The van der Waals surface area contributed by atoms with Crippen LogP contribution >= 0.6 is 31.9 Å². The molecule has 1 aromatic carbocycles.